The number of aromatic nitrogens is 2. The highest BCUT2D eigenvalue weighted by atomic mass is 32.2. The molecule has 2 N–H and O–H groups in total. The van der Waals surface area contributed by atoms with Crippen LogP contribution in [0.25, 0.3) is 33.3 Å². The number of nitrogens with one attached hydrogen (secondary N) is 2. The zero-order valence-corrected chi connectivity index (χ0v) is 22.9. The molecule has 198 valence electrons. The molecule has 1 aliphatic carbocycles. The van der Waals surface area contributed by atoms with Gasteiger partial charge in [0.2, 0.25) is 5.91 Å². The van der Waals surface area contributed by atoms with Crippen LogP contribution in [-0.2, 0) is 22.4 Å². The van der Waals surface area contributed by atoms with Crippen LogP contribution in [0.15, 0.2) is 75.0 Å². The monoisotopic (exact) mass is 559 g/mol. The molecule has 0 saturated heterocycles. The molecule has 1 unspecified atom stereocenters. The number of aryl methyl sites for hydroxylation is 1. The average Bonchev–Trinajstić information content (AvgIpc) is 3.74. The van der Waals surface area contributed by atoms with E-state index in [1.807, 2.05) is 24.3 Å². The number of thiophene rings is 1. The van der Waals surface area contributed by atoms with Crippen molar-refractivity contribution in [1.82, 2.24) is 9.97 Å². The maximum atomic E-state index is 13.4. The first-order valence-corrected chi connectivity index (χ1v) is 14.3. The number of amides is 1. The predicted octanol–water partition coefficient (Wildman–Crippen LogP) is 7.05. The van der Waals surface area contributed by atoms with Gasteiger partial charge in [-0.25, -0.2) is 9.78 Å². The molecule has 1 aliphatic rings. The SMILES string of the molecule is CCOC(=O)c1c(NC(=O)C(C)Sc2nc(-c3ccco3)c(-c3ccco3)[nH]2)sc2c1CCc1ccccc1-2. The van der Waals surface area contributed by atoms with Gasteiger partial charge >= 0.3 is 5.97 Å². The van der Waals surface area contributed by atoms with E-state index in [-0.39, 0.29) is 12.5 Å². The second kappa shape index (κ2) is 10.6. The van der Waals surface area contributed by atoms with Gasteiger partial charge in [0.1, 0.15) is 16.4 Å². The van der Waals surface area contributed by atoms with Crippen molar-refractivity contribution in [2.24, 2.45) is 0 Å². The number of carbonyl (C=O) groups excluding carboxylic acids is 2. The summed E-state index contributed by atoms with van der Waals surface area (Å²) < 4.78 is 16.5. The topological polar surface area (TPSA) is 110 Å². The van der Waals surface area contributed by atoms with Crippen LogP contribution in [0.5, 0.6) is 0 Å². The molecular weight excluding hydrogens is 534 g/mol. The van der Waals surface area contributed by atoms with Crippen LogP contribution in [0, 0.1) is 0 Å². The molecule has 8 nitrogen and oxygen atoms in total. The molecule has 4 heterocycles. The van der Waals surface area contributed by atoms with Crippen LogP contribution in [0.1, 0.15) is 35.3 Å². The summed E-state index contributed by atoms with van der Waals surface area (Å²) in [5, 5.41) is 3.55. The number of hydrogen-bond acceptors (Lipinski definition) is 8. The second-order valence-electron chi connectivity index (χ2n) is 8.96. The molecular formula is C29H25N3O5S2. The predicted molar refractivity (Wildman–Crippen MR) is 151 cm³/mol. The minimum Gasteiger partial charge on any atom is -0.463 e. The van der Waals surface area contributed by atoms with Gasteiger partial charge in [0.05, 0.1) is 29.9 Å². The highest BCUT2D eigenvalue weighted by Gasteiger charge is 2.31. The van der Waals surface area contributed by atoms with E-state index >= 15 is 0 Å². The highest BCUT2D eigenvalue weighted by molar-refractivity contribution is 8.00. The fourth-order valence-corrected chi connectivity index (χ4v) is 6.79. The summed E-state index contributed by atoms with van der Waals surface area (Å²) in [6, 6.07) is 15.4. The number of benzene rings is 1. The molecule has 0 saturated carbocycles. The summed E-state index contributed by atoms with van der Waals surface area (Å²) >= 11 is 2.70. The summed E-state index contributed by atoms with van der Waals surface area (Å²) in [7, 11) is 0. The van der Waals surface area contributed by atoms with Crippen LogP contribution in [0.2, 0.25) is 0 Å². The molecule has 0 radical (unpaired) electrons. The third-order valence-electron chi connectivity index (χ3n) is 6.49. The van der Waals surface area contributed by atoms with Gasteiger partial charge in [-0.05, 0) is 67.6 Å². The Morgan fingerprint density at radius 1 is 1.10 bits per heavy atom. The first kappa shape index (κ1) is 25.3. The Labute approximate surface area is 232 Å². The van der Waals surface area contributed by atoms with Gasteiger partial charge in [-0.15, -0.1) is 11.3 Å². The maximum Gasteiger partial charge on any atom is 0.341 e. The molecule has 0 bridgehead atoms. The van der Waals surface area contributed by atoms with E-state index in [0.717, 1.165) is 22.4 Å². The van der Waals surface area contributed by atoms with E-state index in [1.54, 1.807) is 38.5 Å². The standard InChI is InChI=1S/C29H25N3O5S2/c1-3-35-28(34)22-19-13-12-17-8-4-5-9-18(17)25(19)39-27(22)32-26(33)16(2)38-29-30-23(20-10-6-14-36-20)24(31-29)21-11-7-15-37-21/h4-11,14-16H,3,12-13H2,1-2H3,(H,30,31)(H,32,33). The summed E-state index contributed by atoms with van der Waals surface area (Å²) in [6.07, 6.45) is 4.72. The van der Waals surface area contributed by atoms with E-state index in [9.17, 15) is 9.59 Å². The number of furan rings is 2. The number of aromatic amines is 1. The lowest BCUT2D eigenvalue weighted by Gasteiger charge is -2.16. The summed E-state index contributed by atoms with van der Waals surface area (Å²) in [6.45, 7) is 3.84. The van der Waals surface area contributed by atoms with Crippen molar-refractivity contribution >= 4 is 40.0 Å². The van der Waals surface area contributed by atoms with Gasteiger partial charge in [0.15, 0.2) is 16.7 Å². The minimum atomic E-state index is -0.522. The zero-order valence-electron chi connectivity index (χ0n) is 21.3. The van der Waals surface area contributed by atoms with E-state index in [2.05, 4.69) is 27.4 Å². The van der Waals surface area contributed by atoms with Gasteiger partial charge in [0, 0.05) is 4.88 Å². The molecule has 39 heavy (non-hydrogen) atoms. The molecule has 1 atom stereocenters. The smallest absolute Gasteiger partial charge is 0.341 e. The van der Waals surface area contributed by atoms with Crippen molar-refractivity contribution in [3.63, 3.8) is 0 Å². The molecule has 0 spiro atoms. The number of ether oxygens (including phenoxy) is 1. The van der Waals surface area contributed by atoms with Crippen LogP contribution in [0.4, 0.5) is 5.00 Å². The third-order valence-corrected chi connectivity index (χ3v) is 8.66. The zero-order chi connectivity index (χ0) is 26.9. The molecule has 5 aromatic rings. The minimum absolute atomic E-state index is 0.243. The third kappa shape index (κ3) is 4.81. The van der Waals surface area contributed by atoms with Gasteiger partial charge in [-0.2, -0.15) is 0 Å². The van der Waals surface area contributed by atoms with Gasteiger partial charge in [-0.1, -0.05) is 36.0 Å². The molecule has 0 fully saturated rings. The van der Waals surface area contributed by atoms with Crippen LogP contribution < -0.4 is 5.32 Å². The number of hydrogen-bond donors (Lipinski definition) is 2. The van der Waals surface area contributed by atoms with E-state index in [1.165, 1.54) is 28.7 Å². The number of imidazole rings is 1. The number of nitrogens with zero attached hydrogens (tertiary/aromatic N) is 1. The van der Waals surface area contributed by atoms with Gasteiger partial charge in [-0.3, -0.25) is 4.79 Å². The van der Waals surface area contributed by atoms with E-state index in [0.29, 0.717) is 45.1 Å². The largest absolute Gasteiger partial charge is 0.463 e. The van der Waals surface area contributed by atoms with E-state index < -0.39 is 11.2 Å². The number of carbonyl (C=O) groups is 2. The van der Waals surface area contributed by atoms with Crippen LogP contribution in [-0.4, -0.2) is 33.7 Å². The average molecular weight is 560 g/mol. The number of esters is 1. The molecule has 10 heteroatoms. The Morgan fingerprint density at radius 2 is 1.87 bits per heavy atom. The molecule has 1 amide bonds. The number of H-pyrrole nitrogens is 1. The Bertz CT molecular complexity index is 1580. The number of anilines is 1. The fraction of sp³-hybridized carbons (Fsp3) is 0.207. The fourth-order valence-electron chi connectivity index (χ4n) is 4.68. The van der Waals surface area contributed by atoms with Crippen molar-refractivity contribution in [2.75, 3.05) is 11.9 Å². The second-order valence-corrected chi connectivity index (χ2v) is 11.3. The summed E-state index contributed by atoms with van der Waals surface area (Å²) in [4.78, 5) is 35.4. The van der Waals surface area contributed by atoms with Gasteiger partial charge < -0.3 is 23.9 Å². The summed E-state index contributed by atoms with van der Waals surface area (Å²) in [5.74, 6) is 0.543. The Kier molecular flexibility index (Phi) is 6.88. The van der Waals surface area contributed by atoms with Crippen molar-refractivity contribution < 1.29 is 23.2 Å². The lowest BCUT2D eigenvalue weighted by atomic mass is 9.89. The van der Waals surface area contributed by atoms with Crippen LogP contribution in [0.3, 0.4) is 0 Å². The lowest BCUT2D eigenvalue weighted by molar-refractivity contribution is -0.115. The van der Waals surface area contributed by atoms with Gasteiger partial charge in [0.25, 0.3) is 0 Å². The maximum absolute atomic E-state index is 13.4. The van der Waals surface area contributed by atoms with Crippen molar-refractivity contribution in [1.29, 1.82) is 0 Å². The number of thioether (sulfide) groups is 1. The molecule has 4 aromatic heterocycles. The Hall–Kier alpha value is -4.02. The highest BCUT2D eigenvalue weighted by Crippen LogP contribution is 2.45. The van der Waals surface area contributed by atoms with Crippen molar-refractivity contribution in [2.45, 2.75) is 37.1 Å². The molecule has 0 aliphatic heterocycles. The Morgan fingerprint density at radius 3 is 2.62 bits per heavy atom. The number of fused-ring (bicyclic) bond motifs is 3. The van der Waals surface area contributed by atoms with Crippen molar-refractivity contribution in [3.05, 3.63) is 77.7 Å². The van der Waals surface area contributed by atoms with Crippen molar-refractivity contribution in [3.8, 4) is 33.3 Å². The first-order valence-electron chi connectivity index (χ1n) is 12.6. The normalized spacial score (nSPS) is 13.0. The quantitative estimate of drug-likeness (QED) is 0.155. The molecule has 1 aromatic carbocycles. The van der Waals surface area contributed by atoms with Crippen LogP contribution >= 0.6 is 23.1 Å². The molecule has 6 rings (SSSR count). The Balaban J connectivity index is 1.27. The first-order chi connectivity index (χ1) is 19.0. The number of rotatable bonds is 8. The summed E-state index contributed by atoms with van der Waals surface area (Å²) in [5.41, 5.74) is 4.99. The van der Waals surface area contributed by atoms with E-state index in [4.69, 9.17) is 13.6 Å². The lowest BCUT2D eigenvalue weighted by Crippen LogP contribution is -2.23.